The van der Waals surface area contributed by atoms with Crippen molar-refractivity contribution in [2.24, 2.45) is 0 Å². The molecule has 3 rings (SSSR count). The Morgan fingerprint density at radius 1 is 1.14 bits per heavy atom. The average molecular weight is 320 g/mol. The summed E-state index contributed by atoms with van der Waals surface area (Å²) < 4.78 is 5.79. The molecule has 1 saturated heterocycles. The van der Waals surface area contributed by atoms with Crippen molar-refractivity contribution in [1.82, 2.24) is 24.0 Å². The third-order valence-electron chi connectivity index (χ3n) is 3.79. The summed E-state index contributed by atoms with van der Waals surface area (Å²) in [5.74, 6) is 0.840. The van der Waals surface area contributed by atoms with E-state index in [1.165, 1.54) is 11.5 Å². The van der Waals surface area contributed by atoms with Crippen molar-refractivity contribution in [3.63, 3.8) is 0 Å². The molecule has 1 aliphatic heterocycles. The molecule has 2 aromatic rings. The van der Waals surface area contributed by atoms with Crippen molar-refractivity contribution < 1.29 is 0 Å². The van der Waals surface area contributed by atoms with E-state index < -0.39 is 0 Å². The van der Waals surface area contributed by atoms with Gasteiger partial charge in [0.2, 0.25) is 5.13 Å². The Bertz CT molecular complexity index is 689. The van der Waals surface area contributed by atoms with Gasteiger partial charge in [0.1, 0.15) is 5.82 Å². The summed E-state index contributed by atoms with van der Waals surface area (Å²) >= 11 is 1.46. The predicted molar refractivity (Wildman–Crippen MR) is 86.5 cm³/mol. The maximum Gasteiger partial charge on any atom is 0.266 e. The van der Waals surface area contributed by atoms with Crippen LogP contribution in [0.2, 0.25) is 0 Å². The number of piperazine rings is 1. The Morgan fingerprint density at radius 2 is 1.91 bits per heavy atom. The monoisotopic (exact) mass is 320 g/mol. The molecule has 0 unspecified atom stereocenters. The zero-order valence-electron chi connectivity index (χ0n) is 12.9. The Labute approximate surface area is 133 Å². The third-order valence-corrected chi connectivity index (χ3v) is 4.66. The highest BCUT2D eigenvalue weighted by Gasteiger charge is 2.19. The molecule has 22 heavy (non-hydrogen) atoms. The second kappa shape index (κ2) is 6.53. The van der Waals surface area contributed by atoms with Gasteiger partial charge in [-0.3, -0.25) is 9.69 Å². The maximum absolute atomic E-state index is 11.7. The highest BCUT2D eigenvalue weighted by molar-refractivity contribution is 7.09. The van der Waals surface area contributed by atoms with Crippen LogP contribution in [0, 0.1) is 13.8 Å². The fraction of sp³-hybridized carbons (Fsp3) is 0.571. The van der Waals surface area contributed by atoms with Gasteiger partial charge in [-0.05, 0) is 19.9 Å². The lowest BCUT2D eigenvalue weighted by Crippen LogP contribution is -2.47. The molecule has 0 saturated carbocycles. The first kappa shape index (κ1) is 15.1. The van der Waals surface area contributed by atoms with E-state index in [4.69, 9.17) is 0 Å². The van der Waals surface area contributed by atoms with E-state index in [-0.39, 0.29) is 5.56 Å². The molecule has 3 heterocycles. The normalized spacial score (nSPS) is 16.2. The third kappa shape index (κ3) is 3.50. The molecule has 0 atom stereocenters. The van der Waals surface area contributed by atoms with Crippen molar-refractivity contribution >= 4 is 16.7 Å². The van der Waals surface area contributed by atoms with Crippen LogP contribution in [-0.2, 0) is 6.54 Å². The van der Waals surface area contributed by atoms with E-state index in [0.29, 0.717) is 6.54 Å². The van der Waals surface area contributed by atoms with E-state index in [0.717, 1.165) is 49.4 Å². The molecule has 0 bridgehead atoms. The molecule has 0 N–H and O–H groups in total. The fourth-order valence-corrected chi connectivity index (χ4v) is 3.25. The standard InChI is InChI=1S/C14H20N6OS/c1-11-3-4-13(21)20(16-11)10-7-18-5-8-19(9-6-18)14-15-12(2)17-22-14/h3-4H,5-10H2,1-2H3. The molecule has 0 amide bonds. The van der Waals surface area contributed by atoms with Crippen molar-refractivity contribution in [3.8, 4) is 0 Å². The molecule has 8 heteroatoms. The molecule has 7 nitrogen and oxygen atoms in total. The van der Waals surface area contributed by atoms with Crippen molar-refractivity contribution in [1.29, 1.82) is 0 Å². The summed E-state index contributed by atoms with van der Waals surface area (Å²) in [5.41, 5.74) is 0.838. The molecule has 0 aromatic carbocycles. The Hall–Kier alpha value is -1.80. The molecule has 0 spiro atoms. The molecule has 1 aliphatic rings. The topological polar surface area (TPSA) is 67.2 Å². The molecular formula is C14H20N6OS. The molecule has 2 aromatic heterocycles. The average Bonchev–Trinajstić information content (AvgIpc) is 2.95. The Morgan fingerprint density at radius 3 is 2.59 bits per heavy atom. The molecule has 118 valence electrons. The number of hydrogen-bond donors (Lipinski definition) is 0. The molecule has 0 radical (unpaired) electrons. The van der Waals surface area contributed by atoms with E-state index in [1.54, 1.807) is 16.8 Å². The highest BCUT2D eigenvalue weighted by Crippen LogP contribution is 2.18. The summed E-state index contributed by atoms with van der Waals surface area (Å²) in [4.78, 5) is 20.8. The molecule has 0 aliphatic carbocycles. The van der Waals surface area contributed by atoms with Gasteiger partial charge in [0, 0.05) is 50.3 Å². The van der Waals surface area contributed by atoms with Gasteiger partial charge in [0.15, 0.2) is 0 Å². The molecular weight excluding hydrogens is 300 g/mol. The second-order valence-corrected chi connectivity index (χ2v) is 6.22. The van der Waals surface area contributed by atoms with Crippen LogP contribution in [0.1, 0.15) is 11.5 Å². The number of aryl methyl sites for hydroxylation is 2. The van der Waals surface area contributed by atoms with Gasteiger partial charge in [-0.25, -0.2) is 9.67 Å². The van der Waals surface area contributed by atoms with E-state index in [1.807, 2.05) is 13.8 Å². The van der Waals surface area contributed by atoms with Gasteiger partial charge in [-0.2, -0.15) is 9.47 Å². The lowest BCUT2D eigenvalue weighted by atomic mass is 10.3. The lowest BCUT2D eigenvalue weighted by Gasteiger charge is -2.34. The minimum absolute atomic E-state index is 0.0337. The van der Waals surface area contributed by atoms with Crippen LogP contribution in [0.25, 0.3) is 0 Å². The first-order valence-corrected chi connectivity index (χ1v) is 8.21. The van der Waals surface area contributed by atoms with Gasteiger partial charge in [0.05, 0.1) is 12.2 Å². The summed E-state index contributed by atoms with van der Waals surface area (Å²) in [6.07, 6.45) is 0. The van der Waals surface area contributed by atoms with Gasteiger partial charge < -0.3 is 4.90 Å². The number of rotatable bonds is 4. The van der Waals surface area contributed by atoms with Crippen LogP contribution < -0.4 is 10.5 Å². The summed E-state index contributed by atoms with van der Waals surface area (Å²) in [6, 6.07) is 3.33. The first-order valence-electron chi connectivity index (χ1n) is 7.44. The van der Waals surface area contributed by atoms with Crippen LogP contribution in [-0.4, -0.2) is 56.8 Å². The van der Waals surface area contributed by atoms with E-state index in [2.05, 4.69) is 24.3 Å². The van der Waals surface area contributed by atoms with Crippen LogP contribution >= 0.6 is 11.5 Å². The fourth-order valence-electron chi connectivity index (χ4n) is 2.52. The van der Waals surface area contributed by atoms with E-state index in [9.17, 15) is 4.79 Å². The SMILES string of the molecule is Cc1ccc(=O)n(CCN2CCN(c3nc(C)ns3)CC2)n1. The Kier molecular flexibility index (Phi) is 4.49. The summed E-state index contributed by atoms with van der Waals surface area (Å²) in [7, 11) is 0. The Balaban J connectivity index is 1.52. The van der Waals surface area contributed by atoms with Crippen LogP contribution in [0.5, 0.6) is 0 Å². The minimum Gasteiger partial charge on any atom is -0.344 e. The summed E-state index contributed by atoms with van der Waals surface area (Å²) in [6.45, 7) is 9.15. The van der Waals surface area contributed by atoms with Crippen LogP contribution in [0.4, 0.5) is 5.13 Å². The van der Waals surface area contributed by atoms with Crippen LogP contribution in [0.3, 0.4) is 0 Å². The number of aromatic nitrogens is 4. The quantitative estimate of drug-likeness (QED) is 0.819. The largest absolute Gasteiger partial charge is 0.344 e. The highest BCUT2D eigenvalue weighted by atomic mass is 32.1. The van der Waals surface area contributed by atoms with Gasteiger partial charge in [-0.15, -0.1) is 0 Å². The van der Waals surface area contributed by atoms with Gasteiger partial charge >= 0.3 is 0 Å². The summed E-state index contributed by atoms with van der Waals surface area (Å²) in [5, 5.41) is 5.28. The van der Waals surface area contributed by atoms with E-state index >= 15 is 0 Å². The van der Waals surface area contributed by atoms with Crippen LogP contribution in [0.15, 0.2) is 16.9 Å². The van der Waals surface area contributed by atoms with Gasteiger partial charge in [-0.1, -0.05) is 0 Å². The first-order chi connectivity index (χ1) is 10.6. The van der Waals surface area contributed by atoms with Crippen molar-refractivity contribution in [3.05, 3.63) is 34.0 Å². The smallest absolute Gasteiger partial charge is 0.266 e. The van der Waals surface area contributed by atoms with Crippen molar-refractivity contribution in [2.45, 2.75) is 20.4 Å². The minimum atomic E-state index is -0.0337. The molecule has 1 fully saturated rings. The zero-order chi connectivity index (χ0) is 15.5. The number of hydrogen-bond acceptors (Lipinski definition) is 7. The zero-order valence-corrected chi connectivity index (χ0v) is 13.7. The number of nitrogens with zero attached hydrogens (tertiary/aromatic N) is 6. The number of anilines is 1. The second-order valence-electron chi connectivity index (χ2n) is 5.49. The predicted octanol–water partition coefficient (Wildman–Crippen LogP) is 0.534. The van der Waals surface area contributed by atoms with Gasteiger partial charge in [0.25, 0.3) is 5.56 Å². The lowest BCUT2D eigenvalue weighted by molar-refractivity contribution is 0.242. The maximum atomic E-state index is 11.7. The van der Waals surface area contributed by atoms with Crippen molar-refractivity contribution in [2.75, 3.05) is 37.6 Å².